The number of aromatic carboxylic acids is 2. The zero-order chi connectivity index (χ0) is 38.9. The van der Waals surface area contributed by atoms with Gasteiger partial charge in [0.2, 0.25) is 0 Å². The van der Waals surface area contributed by atoms with E-state index in [1.807, 2.05) is 31.4 Å². The van der Waals surface area contributed by atoms with Gasteiger partial charge in [0.15, 0.2) is 0 Å². The highest BCUT2D eigenvalue weighted by Crippen LogP contribution is 2.25. The summed E-state index contributed by atoms with van der Waals surface area (Å²) in [5, 5.41) is 47.0. The normalized spacial score (nSPS) is 13.8. The van der Waals surface area contributed by atoms with E-state index in [2.05, 4.69) is 26.7 Å². The van der Waals surface area contributed by atoms with Gasteiger partial charge in [0.05, 0.1) is 69.8 Å². The number of nitrogens with zero attached hydrogens (tertiary/aromatic N) is 5. The lowest BCUT2D eigenvalue weighted by Crippen LogP contribution is -2.35. The minimum absolute atomic E-state index is 0.0105. The predicted molar refractivity (Wildman–Crippen MR) is 203 cm³/mol. The maximum atomic E-state index is 11.5. The van der Waals surface area contributed by atoms with Gasteiger partial charge in [0.25, 0.3) is 0 Å². The van der Waals surface area contributed by atoms with E-state index >= 15 is 0 Å². The summed E-state index contributed by atoms with van der Waals surface area (Å²) in [6.45, 7) is 10.9. The maximum absolute atomic E-state index is 11.5. The van der Waals surface area contributed by atoms with E-state index in [9.17, 15) is 24.9 Å². The first kappa shape index (κ1) is 46.0. The molecule has 296 valence electrons. The number of aromatic nitrogens is 2. The number of hydrogen-bond donors (Lipinski definition) is 4. The fourth-order valence-corrected chi connectivity index (χ4v) is 5.98. The minimum atomic E-state index is -1.06. The first-order valence-corrected chi connectivity index (χ1v) is 19.3. The monoisotopic (exact) mass is 761 g/mol. The quantitative estimate of drug-likeness (QED) is 0.0748. The van der Waals surface area contributed by atoms with Gasteiger partial charge in [-0.2, -0.15) is 5.26 Å². The smallest absolute Gasteiger partial charge is 0.354 e. The second kappa shape index (κ2) is 26.6. The summed E-state index contributed by atoms with van der Waals surface area (Å²) < 4.78 is 17.5. The number of pyridine rings is 2. The topological polar surface area (TPSA) is 199 Å². The number of unbranched alkanes of at least 4 members (excludes halogenated alkanes) is 1. The highest BCUT2D eigenvalue weighted by atomic mass is 32.2. The van der Waals surface area contributed by atoms with Crippen molar-refractivity contribution < 1.29 is 44.2 Å². The molecule has 0 radical (unpaired) electrons. The second-order valence-corrected chi connectivity index (χ2v) is 14.9. The molecule has 0 aliphatic heterocycles. The van der Waals surface area contributed by atoms with Crippen molar-refractivity contribution >= 4 is 23.7 Å². The van der Waals surface area contributed by atoms with Crippen LogP contribution >= 0.6 is 11.8 Å². The standard InChI is InChI=1S/C33H50N4O8.C5H9NOS/c1-2-3-14-31(28-11-7-13-30(35-28)33(41)42)37(15-19-38)18-21-44-24-23-43-20-16-36(17-22-45-27-9-4-5-10-27)25-26-8-6-12-29(34-26)32(39)40;1-5(2,3-7)8-4-6/h6-8,11-13,27,31,38H,2-5,9-10,14-25H2,1H3,(H,39,40)(H,41,42);7H,3H2,1-2H3. The van der Waals surface area contributed by atoms with Crippen LogP contribution in [0.15, 0.2) is 36.4 Å². The van der Waals surface area contributed by atoms with Crippen LogP contribution in [0.25, 0.3) is 0 Å². The van der Waals surface area contributed by atoms with Crippen molar-refractivity contribution in [3.05, 3.63) is 59.2 Å². The number of ether oxygens (including phenoxy) is 3. The predicted octanol–water partition coefficient (Wildman–Crippen LogP) is 4.86. The summed E-state index contributed by atoms with van der Waals surface area (Å²) in [5.74, 6) is -2.11. The van der Waals surface area contributed by atoms with Crippen LogP contribution in [0, 0.1) is 10.7 Å². The number of aliphatic hydroxyl groups is 2. The summed E-state index contributed by atoms with van der Waals surface area (Å²) in [7, 11) is 0. The van der Waals surface area contributed by atoms with Crippen LogP contribution in [-0.2, 0) is 20.8 Å². The van der Waals surface area contributed by atoms with Crippen molar-refractivity contribution in [3.8, 4) is 5.40 Å². The fraction of sp³-hybridized carbons (Fsp3) is 0.658. The molecule has 1 fully saturated rings. The van der Waals surface area contributed by atoms with Gasteiger partial charge in [-0.15, -0.1) is 0 Å². The largest absolute Gasteiger partial charge is 0.477 e. The number of aliphatic hydroxyl groups excluding tert-OH is 2. The maximum Gasteiger partial charge on any atom is 0.354 e. The Labute approximate surface area is 318 Å². The molecule has 2 aromatic heterocycles. The molecule has 1 saturated carbocycles. The lowest BCUT2D eigenvalue weighted by Gasteiger charge is -2.31. The first-order valence-electron chi connectivity index (χ1n) is 18.4. The average Bonchev–Trinajstić information content (AvgIpc) is 3.67. The molecule has 0 spiro atoms. The zero-order valence-electron chi connectivity index (χ0n) is 31.5. The van der Waals surface area contributed by atoms with E-state index in [0.29, 0.717) is 83.3 Å². The molecule has 2 aromatic rings. The molecular formula is C38H59N5O9S. The van der Waals surface area contributed by atoms with Crippen LogP contribution < -0.4 is 0 Å². The van der Waals surface area contributed by atoms with Gasteiger partial charge in [-0.25, -0.2) is 19.6 Å². The molecule has 0 amide bonds. The summed E-state index contributed by atoms with van der Waals surface area (Å²) >= 11 is 1.09. The average molecular weight is 762 g/mol. The van der Waals surface area contributed by atoms with Crippen molar-refractivity contribution in [2.75, 3.05) is 72.4 Å². The Kier molecular flexibility index (Phi) is 23.0. The number of thioether (sulfide) groups is 1. The number of hydrogen-bond acceptors (Lipinski definition) is 13. The molecule has 2 heterocycles. The summed E-state index contributed by atoms with van der Waals surface area (Å²) in [6, 6.07) is 9.95. The number of carboxylic acid groups (broad SMARTS) is 2. The summed E-state index contributed by atoms with van der Waals surface area (Å²) in [4.78, 5) is 35.7. The molecular weight excluding hydrogens is 703 g/mol. The molecule has 3 rings (SSSR count). The van der Waals surface area contributed by atoms with Crippen LogP contribution in [0.1, 0.15) is 104 Å². The number of carboxylic acids is 2. The Morgan fingerprint density at radius 2 is 1.55 bits per heavy atom. The van der Waals surface area contributed by atoms with E-state index < -0.39 is 11.9 Å². The Morgan fingerprint density at radius 1 is 0.925 bits per heavy atom. The van der Waals surface area contributed by atoms with Gasteiger partial charge in [-0.1, -0.05) is 44.7 Å². The van der Waals surface area contributed by atoms with Crippen LogP contribution in [0.2, 0.25) is 0 Å². The zero-order valence-corrected chi connectivity index (χ0v) is 32.3. The molecule has 0 bridgehead atoms. The molecule has 4 N–H and O–H groups in total. The van der Waals surface area contributed by atoms with Crippen LogP contribution in [0.4, 0.5) is 0 Å². The molecule has 53 heavy (non-hydrogen) atoms. The number of carbonyl (C=O) groups is 2. The van der Waals surface area contributed by atoms with Crippen molar-refractivity contribution in [3.63, 3.8) is 0 Å². The minimum Gasteiger partial charge on any atom is -0.477 e. The third kappa shape index (κ3) is 19.1. The SMILES string of the molecule is CC(C)(CO)SC#N.CCCCC(c1cccc(C(=O)O)n1)N(CCO)CCOCCOCCN(CCOC1CCCC1)Cc1cccc(C(=O)O)n1. The van der Waals surface area contributed by atoms with E-state index in [1.165, 1.54) is 25.0 Å². The van der Waals surface area contributed by atoms with Crippen LogP contribution in [-0.4, -0.2) is 135 Å². The first-order chi connectivity index (χ1) is 25.5. The van der Waals surface area contributed by atoms with Crippen molar-refractivity contribution in [2.24, 2.45) is 0 Å². The summed E-state index contributed by atoms with van der Waals surface area (Å²) in [6.07, 6.45) is 7.72. The Bertz CT molecular complexity index is 1370. The molecule has 0 aromatic carbocycles. The van der Waals surface area contributed by atoms with Crippen molar-refractivity contribution in [2.45, 2.75) is 89.2 Å². The molecule has 0 saturated heterocycles. The lowest BCUT2D eigenvalue weighted by atomic mass is 10.0. The summed E-state index contributed by atoms with van der Waals surface area (Å²) in [5.41, 5.74) is 1.41. The molecule has 1 atom stereocenters. The lowest BCUT2D eigenvalue weighted by molar-refractivity contribution is 0.0135. The number of nitriles is 1. The van der Waals surface area contributed by atoms with E-state index in [1.54, 1.807) is 12.1 Å². The highest BCUT2D eigenvalue weighted by Gasteiger charge is 2.22. The molecule has 14 nitrogen and oxygen atoms in total. The van der Waals surface area contributed by atoms with Crippen LogP contribution in [0.3, 0.4) is 0 Å². The third-order valence-electron chi connectivity index (χ3n) is 8.61. The van der Waals surface area contributed by atoms with Gasteiger partial charge in [-0.3, -0.25) is 9.80 Å². The fourth-order valence-electron chi connectivity index (χ4n) is 5.67. The Hall–Kier alpha value is -3.20. The van der Waals surface area contributed by atoms with Gasteiger partial charge < -0.3 is 34.6 Å². The van der Waals surface area contributed by atoms with Crippen molar-refractivity contribution in [1.82, 2.24) is 19.8 Å². The molecule has 1 aliphatic carbocycles. The second-order valence-electron chi connectivity index (χ2n) is 13.4. The highest BCUT2D eigenvalue weighted by molar-refractivity contribution is 8.05. The van der Waals surface area contributed by atoms with E-state index in [-0.39, 0.29) is 35.4 Å². The van der Waals surface area contributed by atoms with Gasteiger partial charge in [0, 0.05) is 37.5 Å². The van der Waals surface area contributed by atoms with Crippen molar-refractivity contribution in [1.29, 1.82) is 5.26 Å². The Balaban J connectivity index is 0.00000109. The molecule has 1 unspecified atom stereocenters. The Morgan fingerprint density at radius 3 is 2.13 bits per heavy atom. The third-order valence-corrected chi connectivity index (χ3v) is 9.39. The van der Waals surface area contributed by atoms with Gasteiger partial charge in [-0.05, 0) is 69.1 Å². The molecule has 1 aliphatic rings. The number of rotatable bonds is 26. The van der Waals surface area contributed by atoms with E-state index in [4.69, 9.17) is 24.6 Å². The van der Waals surface area contributed by atoms with Gasteiger partial charge in [0.1, 0.15) is 16.8 Å². The van der Waals surface area contributed by atoms with E-state index in [0.717, 1.165) is 43.9 Å². The van der Waals surface area contributed by atoms with Crippen LogP contribution in [0.5, 0.6) is 0 Å². The van der Waals surface area contributed by atoms with Gasteiger partial charge >= 0.3 is 11.9 Å². The molecule has 15 heteroatoms. The number of thiocyanates is 1.